The number of hydrogen-bond acceptors (Lipinski definition) is 2. The summed E-state index contributed by atoms with van der Waals surface area (Å²) in [5, 5.41) is 6.51. The number of likely N-dealkylation sites (N-methyl/N-ethyl adjacent to an activating group) is 1. The van der Waals surface area contributed by atoms with E-state index in [1.54, 1.807) is 12.1 Å². The van der Waals surface area contributed by atoms with Crippen LogP contribution in [0.15, 0.2) is 18.2 Å². The highest BCUT2D eigenvalue weighted by atomic mass is 35.5. The van der Waals surface area contributed by atoms with Crippen LogP contribution < -0.4 is 10.6 Å². The smallest absolute Gasteiger partial charge is 0.251 e. The fourth-order valence-electron chi connectivity index (χ4n) is 1.39. The van der Waals surface area contributed by atoms with Crippen molar-refractivity contribution in [2.24, 2.45) is 0 Å². The number of benzene rings is 1. The summed E-state index contributed by atoms with van der Waals surface area (Å²) in [6, 6.07) is 5.36. The normalized spacial score (nSPS) is 10.2. The van der Waals surface area contributed by atoms with Crippen molar-refractivity contribution in [1.82, 2.24) is 10.6 Å². The third-order valence-electron chi connectivity index (χ3n) is 2.35. The van der Waals surface area contributed by atoms with Crippen LogP contribution in [0.25, 0.3) is 0 Å². The predicted octanol–water partition coefficient (Wildman–Crippen LogP) is 1.85. The summed E-state index contributed by atoms with van der Waals surface area (Å²) in [4.78, 5) is 11.7. The lowest BCUT2D eigenvalue weighted by Gasteiger charge is -2.07. The van der Waals surface area contributed by atoms with Gasteiger partial charge in [0, 0.05) is 23.7 Å². The molecule has 1 rings (SSSR count). The van der Waals surface area contributed by atoms with Crippen molar-refractivity contribution in [1.29, 1.82) is 0 Å². The first-order valence-electron chi connectivity index (χ1n) is 5.40. The summed E-state index contributed by atoms with van der Waals surface area (Å²) >= 11 is 5.99. The van der Waals surface area contributed by atoms with Crippen LogP contribution in [0.2, 0.25) is 5.02 Å². The van der Waals surface area contributed by atoms with Gasteiger partial charge in [0.25, 0.3) is 5.91 Å². The Hall–Kier alpha value is -1.06. The van der Waals surface area contributed by atoms with Gasteiger partial charge in [0.05, 0.1) is 0 Å². The molecule has 0 heterocycles. The van der Waals surface area contributed by atoms with E-state index in [0.29, 0.717) is 17.1 Å². The van der Waals surface area contributed by atoms with E-state index in [1.165, 1.54) is 0 Å². The molecular formula is C12H17ClN2O. The maximum atomic E-state index is 11.7. The van der Waals surface area contributed by atoms with Crippen molar-refractivity contribution in [3.05, 3.63) is 34.3 Å². The van der Waals surface area contributed by atoms with Gasteiger partial charge in [-0.2, -0.15) is 0 Å². The van der Waals surface area contributed by atoms with Gasteiger partial charge in [-0.05, 0) is 37.2 Å². The zero-order chi connectivity index (χ0) is 12.0. The van der Waals surface area contributed by atoms with E-state index in [1.807, 2.05) is 20.0 Å². The Kier molecular flexibility index (Phi) is 5.29. The Labute approximate surface area is 101 Å². The highest BCUT2D eigenvalue weighted by Gasteiger charge is 2.07. The van der Waals surface area contributed by atoms with Gasteiger partial charge in [-0.1, -0.05) is 18.5 Å². The van der Waals surface area contributed by atoms with E-state index in [4.69, 9.17) is 11.6 Å². The average molecular weight is 241 g/mol. The maximum Gasteiger partial charge on any atom is 0.251 e. The molecule has 0 aromatic heterocycles. The predicted molar refractivity (Wildman–Crippen MR) is 67.1 cm³/mol. The standard InChI is InChI=1S/C12H17ClN2O/c1-3-9-8-10(4-5-11(9)13)12(16)15-7-6-14-2/h4-5,8,14H,3,6-7H2,1-2H3,(H,15,16). The van der Waals surface area contributed by atoms with Crippen LogP contribution in [0, 0.1) is 0 Å². The Morgan fingerprint density at radius 2 is 2.12 bits per heavy atom. The number of rotatable bonds is 5. The molecule has 1 amide bonds. The van der Waals surface area contributed by atoms with Gasteiger partial charge < -0.3 is 10.6 Å². The fourth-order valence-corrected chi connectivity index (χ4v) is 1.64. The molecule has 0 aliphatic rings. The van der Waals surface area contributed by atoms with Gasteiger partial charge in [0.1, 0.15) is 0 Å². The topological polar surface area (TPSA) is 41.1 Å². The summed E-state index contributed by atoms with van der Waals surface area (Å²) in [7, 11) is 1.85. The number of halogens is 1. The zero-order valence-corrected chi connectivity index (χ0v) is 10.4. The second-order valence-corrected chi connectivity index (χ2v) is 3.93. The maximum absolute atomic E-state index is 11.7. The first-order valence-corrected chi connectivity index (χ1v) is 5.78. The van der Waals surface area contributed by atoms with Gasteiger partial charge in [-0.25, -0.2) is 0 Å². The Morgan fingerprint density at radius 3 is 2.75 bits per heavy atom. The van der Waals surface area contributed by atoms with E-state index in [-0.39, 0.29) is 5.91 Å². The minimum atomic E-state index is -0.0541. The third kappa shape index (κ3) is 3.51. The molecule has 1 aromatic carbocycles. The van der Waals surface area contributed by atoms with E-state index in [9.17, 15) is 4.79 Å². The van der Waals surface area contributed by atoms with Gasteiger partial charge >= 0.3 is 0 Å². The molecule has 16 heavy (non-hydrogen) atoms. The molecule has 0 bridgehead atoms. The van der Waals surface area contributed by atoms with Crippen LogP contribution in [0.1, 0.15) is 22.8 Å². The second kappa shape index (κ2) is 6.51. The number of carbonyl (C=O) groups is 1. The molecule has 0 fully saturated rings. The number of nitrogens with one attached hydrogen (secondary N) is 2. The van der Waals surface area contributed by atoms with Gasteiger partial charge in [-0.15, -0.1) is 0 Å². The summed E-state index contributed by atoms with van der Waals surface area (Å²) in [6.45, 7) is 3.41. The van der Waals surface area contributed by atoms with Crippen molar-refractivity contribution < 1.29 is 4.79 Å². The fraction of sp³-hybridized carbons (Fsp3) is 0.417. The van der Waals surface area contributed by atoms with Crippen molar-refractivity contribution in [2.45, 2.75) is 13.3 Å². The summed E-state index contributed by atoms with van der Waals surface area (Å²) in [5.41, 5.74) is 1.67. The Bertz CT molecular complexity index is 366. The largest absolute Gasteiger partial charge is 0.351 e. The van der Waals surface area contributed by atoms with Crippen molar-refractivity contribution in [3.8, 4) is 0 Å². The summed E-state index contributed by atoms with van der Waals surface area (Å²) in [5.74, 6) is -0.0541. The zero-order valence-electron chi connectivity index (χ0n) is 9.64. The molecule has 4 heteroatoms. The Morgan fingerprint density at radius 1 is 1.38 bits per heavy atom. The van der Waals surface area contributed by atoms with Gasteiger partial charge in [0.2, 0.25) is 0 Å². The molecule has 3 nitrogen and oxygen atoms in total. The minimum Gasteiger partial charge on any atom is -0.351 e. The lowest BCUT2D eigenvalue weighted by molar-refractivity contribution is 0.0954. The highest BCUT2D eigenvalue weighted by molar-refractivity contribution is 6.31. The lowest BCUT2D eigenvalue weighted by atomic mass is 10.1. The van der Waals surface area contributed by atoms with Crippen LogP contribution in [0.3, 0.4) is 0 Å². The quantitative estimate of drug-likeness (QED) is 0.772. The van der Waals surface area contributed by atoms with E-state index >= 15 is 0 Å². The molecule has 0 saturated carbocycles. The molecular weight excluding hydrogens is 224 g/mol. The molecule has 0 aliphatic heterocycles. The first kappa shape index (κ1) is 13.0. The molecule has 1 aromatic rings. The average Bonchev–Trinajstić information content (AvgIpc) is 2.30. The van der Waals surface area contributed by atoms with Gasteiger partial charge in [0.15, 0.2) is 0 Å². The van der Waals surface area contributed by atoms with Crippen LogP contribution in [0.5, 0.6) is 0 Å². The van der Waals surface area contributed by atoms with Crippen LogP contribution >= 0.6 is 11.6 Å². The van der Waals surface area contributed by atoms with Gasteiger partial charge in [-0.3, -0.25) is 4.79 Å². The molecule has 88 valence electrons. The summed E-state index contributed by atoms with van der Waals surface area (Å²) in [6.07, 6.45) is 0.830. The lowest BCUT2D eigenvalue weighted by Crippen LogP contribution is -2.30. The molecule has 0 atom stereocenters. The number of carbonyl (C=O) groups excluding carboxylic acids is 1. The molecule has 0 saturated heterocycles. The van der Waals surface area contributed by atoms with Crippen LogP contribution in [-0.4, -0.2) is 26.0 Å². The Balaban J connectivity index is 2.68. The first-order chi connectivity index (χ1) is 7.69. The molecule has 0 unspecified atom stereocenters. The van der Waals surface area contributed by atoms with E-state index < -0.39 is 0 Å². The highest BCUT2D eigenvalue weighted by Crippen LogP contribution is 2.17. The molecule has 2 N–H and O–H groups in total. The van der Waals surface area contributed by atoms with E-state index in [0.717, 1.165) is 18.5 Å². The van der Waals surface area contributed by atoms with E-state index in [2.05, 4.69) is 10.6 Å². The summed E-state index contributed by atoms with van der Waals surface area (Å²) < 4.78 is 0. The molecule has 0 spiro atoms. The van der Waals surface area contributed by atoms with Crippen molar-refractivity contribution in [2.75, 3.05) is 20.1 Å². The molecule has 0 radical (unpaired) electrons. The number of amides is 1. The number of hydrogen-bond donors (Lipinski definition) is 2. The molecule has 0 aliphatic carbocycles. The van der Waals surface area contributed by atoms with Crippen LogP contribution in [-0.2, 0) is 6.42 Å². The third-order valence-corrected chi connectivity index (χ3v) is 2.72. The van der Waals surface area contributed by atoms with Crippen LogP contribution in [0.4, 0.5) is 0 Å². The SMILES string of the molecule is CCc1cc(C(=O)NCCNC)ccc1Cl. The second-order valence-electron chi connectivity index (χ2n) is 3.52. The minimum absolute atomic E-state index is 0.0541. The van der Waals surface area contributed by atoms with Crippen molar-refractivity contribution >= 4 is 17.5 Å². The number of aryl methyl sites for hydroxylation is 1. The van der Waals surface area contributed by atoms with Crippen molar-refractivity contribution in [3.63, 3.8) is 0 Å². The monoisotopic (exact) mass is 240 g/mol.